The topological polar surface area (TPSA) is 81.7 Å². The Kier molecular flexibility index (Phi) is 5.73. The summed E-state index contributed by atoms with van der Waals surface area (Å²) in [4.78, 5) is 14.1. The fourth-order valence-electron chi connectivity index (χ4n) is 2.90. The number of aryl methyl sites for hydroxylation is 1. The number of nitrogens with zero attached hydrogens (tertiary/aromatic N) is 4. The van der Waals surface area contributed by atoms with Crippen LogP contribution in [-0.4, -0.2) is 32.6 Å². The molecule has 1 fully saturated rings. The van der Waals surface area contributed by atoms with Crippen LogP contribution in [0, 0.1) is 5.92 Å². The van der Waals surface area contributed by atoms with Gasteiger partial charge in [-0.25, -0.2) is 15.0 Å². The number of benzene rings is 1. The zero-order valence-electron chi connectivity index (χ0n) is 14.7. The predicted molar refractivity (Wildman–Crippen MR) is 111 cm³/mol. The van der Waals surface area contributed by atoms with Crippen LogP contribution in [0.4, 0.5) is 5.82 Å². The first-order valence-corrected chi connectivity index (χ1v) is 10.5. The molecule has 9 heteroatoms. The highest BCUT2D eigenvalue weighted by atomic mass is 35.5. The molecular formula is C18H20Cl2N6S. The van der Waals surface area contributed by atoms with E-state index in [1.54, 1.807) is 6.07 Å². The number of hydrogen-bond donors (Lipinski definition) is 2. The van der Waals surface area contributed by atoms with Crippen LogP contribution in [0.15, 0.2) is 34.6 Å². The van der Waals surface area contributed by atoms with Crippen LogP contribution in [0.1, 0.15) is 19.3 Å². The Labute approximate surface area is 171 Å². The Hall–Kier alpha value is -1.54. The maximum Gasteiger partial charge on any atom is 0.175 e. The van der Waals surface area contributed by atoms with Crippen LogP contribution in [0.3, 0.4) is 0 Å². The van der Waals surface area contributed by atoms with Crippen molar-refractivity contribution in [3.8, 4) is 0 Å². The largest absolute Gasteiger partial charge is 0.382 e. The maximum absolute atomic E-state index is 6.13. The van der Waals surface area contributed by atoms with E-state index < -0.39 is 0 Å². The van der Waals surface area contributed by atoms with Crippen molar-refractivity contribution in [1.29, 1.82) is 0 Å². The van der Waals surface area contributed by atoms with Crippen LogP contribution in [0.2, 0.25) is 10.0 Å². The number of halogens is 2. The summed E-state index contributed by atoms with van der Waals surface area (Å²) >= 11 is 13.8. The number of aromatic nitrogens is 4. The quantitative estimate of drug-likeness (QED) is 0.527. The molecule has 4 rings (SSSR count). The lowest BCUT2D eigenvalue weighted by atomic mass is 10.3. The van der Waals surface area contributed by atoms with Gasteiger partial charge in [0.2, 0.25) is 0 Å². The highest BCUT2D eigenvalue weighted by molar-refractivity contribution is 7.99. The second-order valence-electron chi connectivity index (χ2n) is 6.69. The zero-order valence-corrected chi connectivity index (χ0v) is 17.0. The summed E-state index contributed by atoms with van der Waals surface area (Å²) in [6, 6.07) is 5.45. The standard InChI is InChI=1S/C18H20Cl2N6S/c19-12-6-13(20)8-14(7-12)27-18-25-15-16(21)23-10-24-17(15)26(18)5-1-4-22-9-11-2-3-11/h6-8,10-11,22H,1-5,9H2,(H2,21,23,24). The first-order valence-electron chi connectivity index (χ1n) is 8.91. The first kappa shape index (κ1) is 18.8. The van der Waals surface area contributed by atoms with Crippen molar-refractivity contribution < 1.29 is 0 Å². The molecule has 0 saturated heterocycles. The molecule has 0 atom stereocenters. The van der Waals surface area contributed by atoms with Gasteiger partial charge in [0.25, 0.3) is 0 Å². The van der Waals surface area contributed by atoms with Crippen LogP contribution >= 0.6 is 35.0 Å². The van der Waals surface area contributed by atoms with E-state index in [1.807, 2.05) is 12.1 Å². The van der Waals surface area contributed by atoms with Crippen LogP contribution in [0.25, 0.3) is 11.2 Å². The van der Waals surface area contributed by atoms with Crippen molar-refractivity contribution in [1.82, 2.24) is 24.8 Å². The van der Waals surface area contributed by atoms with Gasteiger partial charge in [-0.2, -0.15) is 0 Å². The average Bonchev–Trinajstić information content (AvgIpc) is 3.37. The zero-order chi connectivity index (χ0) is 18.8. The minimum absolute atomic E-state index is 0.386. The van der Waals surface area contributed by atoms with Gasteiger partial charge in [-0.3, -0.25) is 0 Å². The van der Waals surface area contributed by atoms with Crippen molar-refractivity contribution in [2.45, 2.75) is 35.9 Å². The lowest BCUT2D eigenvalue weighted by Crippen LogP contribution is -2.19. The lowest BCUT2D eigenvalue weighted by molar-refractivity contribution is 0.550. The molecule has 1 aliphatic carbocycles. The number of nitrogen functional groups attached to an aromatic ring is 1. The minimum Gasteiger partial charge on any atom is -0.382 e. The third-order valence-electron chi connectivity index (χ3n) is 4.44. The number of rotatable bonds is 8. The van der Waals surface area contributed by atoms with Gasteiger partial charge in [0.15, 0.2) is 22.1 Å². The molecule has 142 valence electrons. The second-order valence-corrected chi connectivity index (χ2v) is 8.60. The first-order chi connectivity index (χ1) is 13.1. The Bertz CT molecular complexity index is 936. The normalized spacial score (nSPS) is 14.1. The highest BCUT2D eigenvalue weighted by Gasteiger charge is 2.20. The van der Waals surface area contributed by atoms with E-state index in [2.05, 4.69) is 24.8 Å². The smallest absolute Gasteiger partial charge is 0.175 e. The molecule has 1 aliphatic rings. The van der Waals surface area contributed by atoms with E-state index >= 15 is 0 Å². The minimum atomic E-state index is 0.386. The molecule has 0 unspecified atom stereocenters. The number of fused-ring (bicyclic) bond motifs is 1. The molecule has 1 aromatic carbocycles. The third-order valence-corrected chi connectivity index (χ3v) is 5.84. The summed E-state index contributed by atoms with van der Waals surface area (Å²) in [5.74, 6) is 1.27. The van der Waals surface area contributed by atoms with Gasteiger partial charge < -0.3 is 15.6 Å². The molecule has 0 aliphatic heterocycles. The summed E-state index contributed by atoms with van der Waals surface area (Å²) < 4.78 is 2.09. The van der Waals surface area contributed by atoms with Gasteiger partial charge in [-0.05, 0) is 56.5 Å². The fourth-order valence-corrected chi connectivity index (χ4v) is 4.56. The molecule has 27 heavy (non-hydrogen) atoms. The number of nitrogens with two attached hydrogens (primary N) is 1. The van der Waals surface area contributed by atoms with Gasteiger partial charge in [0.1, 0.15) is 6.33 Å². The summed E-state index contributed by atoms with van der Waals surface area (Å²) in [5.41, 5.74) is 7.38. The van der Waals surface area contributed by atoms with E-state index in [9.17, 15) is 0 Å². The number of hydrogen-bond acceptors (Lipinski definition) is 6. The predicted octanol–water partition coefficient (Wildman–Crippen LogP) is 4.26. The average molecular weight is 423 g/mol. The van der Waals surface area contributed by atoms with E-state index in [0.717, 1.165) is 47.7 Å². The van der Waals surface area contributed by atoms with Crippen molar-refractivity contribution in [2.24, 2.45) is 5.92 Å². The van der Waals surface area contributed by atoms with E-state index in [4.69, 9.17) is 28.9 Å². The third kappa shape index (κ3) is 4.66. The van der Waals surface area contributed by atoms with Crippen LogP contribution in [0.5, 0.6) is 0 Å². The Morgan fingerprint density at radius 2 is 1.96 bits per heavy atom. The lowest BCUT2D eigenvalue weighted by Gasteiger charge is -2.09. The number of nitrogens with one attached hydrogen (secondary N) is 1. The molecule has 0 radical (unpaired) electrons. The molecule has 6 nitrogen and oxygen atoms in total. The summed E-state index contributed by atoms with van der Waals surface area (Å²) in [6.45, 7) is 2.87. The molecular weight excluding hydrogens is 403 g/mol. The molecule has 0 amide bonds. The molecule has 0 bridgehead atoms. The van der Waals surface area contributed by atoms with Gasteiger partial charge in [0.05, 0.1) is 0 Å². The van der Waals surface area contributed by atoms with Crippen molar-refractivity contribution in [3.05, 3.63) is 34.6 Å². The molecule has 2 heterocycles. The molecule has 3 aromatic rings. The second kappa shape index (κ2) is 8.22. The van der Waals surface area contributed by atoms with Crippen molar-refractivity contribution in [3.63, 3.8) is 0 Å². The Balaban J connectivity index is 1.56. The van der Waals surface area contributed by atoms with Crippen LogP contribution < -0.4 is 11.1 Å². The van der Waals surface area contributed by atoms with E-state index in [1.165, 1.54) is 30.9 Å². The van der Waals surface area contributed by atoms with Crippen molar-refractivity contribution >= 4 is 51.9 Å². The molecule has 3 N–H and O–H groups in total. The van der Waals surface area contributed by atoms with Gasteiger partial charge in [0, 0.05) is 21.5 Å². The highest BCUT2D eigenvalue weighted by Crippen LogP contribution is 2.34. The monoisotopic (exact) mass is 422 g/mol. The van der Waals surface area contributed by atoms with Crippen molar-refractivity contribution in [2.75, 3.05) is 18.8 Å². The summed E-state index contributed by atoms with van der Waals surface area (Å²) in [7, 11) is 0. The number of anilines is 1. The summed E-state index contributed by atoms with van der Waals surface area (Å²) in [6.07, 6.45) is 5.18. The molecule has 2 aromatic heterocycles. The maximum atomic E-state index is 6.13. The summed E-state index contributed by atoms with van der Waals surface area (Å²) in [5, 5.41) is 5.51. The van der Waals surface area contributed by atoms with E-state index in [0.29, 0.717) is 21.4 Å². The molecule has 1 saturated carbocycles. The SMILES string of the molecule is Nc1ncnc2c1nc(Sc1cc(Cl)cc(Cl)c1)n2CCCNCC1CC1. The Morgan fingerprint density at radius 3 is 2.70 bits per heavy atom. The van der Waals surface area contributed by atoms with Gasteiger partial charge in [-0.15, -0.1) is 0 Å². The number of imidazole rings is 1. The fraction of sp³-hybridized carbons (Fsp3) is 0.389. The van der Waals surface area contributed by atoms with E-state index in [-0.39, 0.29) is 0 Å². The Morgan fingerprint density at radius 1 is 1.19 bits per heavy atom. The molecule has 0 spiro atoms. The van der Waals surface area contributed by atoms with Gasteiger partial charge in [-0.1, -0.05) is 35.0 Å². The van der Waals surface area contributed by atoms with Crippen LogP contribution in [-0.2, 0) is 6.54 Å². The van der Waals surface area contributed by atoms with Gasteiger partial charge >= 0.3 is 0 Å².